The number of halogens is 1. The van der Waals surface area contributed by atoms with E-state index in [-0.39, 0.29) is 23.4 Å². The summed E-state index contributed by atoms with van der Waals surface area (Å²) < 4.78 is 29.2. The first-order valence-corrected chi connectivity index (χ1v) is 15.8. The molecule has 0 spiro atoms. The predicted octanol–water partition coefficient (Wildman–Crippen LogP) is 5.94. The lowest BCUT2D eigenvalue weighted by molar-refractivity contribution is -0.139. The zero-order valence-electron chi connectivity index (χ0n) is 24.1. The third-order valence-electron chi connectivity index (χ3n) is 7.79. The van der Waals surface area contributed by atoms with Gasteiger partial charge in [-0.05, 0) is 87.6 Å². The number of hydrogen-bond acceptors (Lipinski definition) is 4. The Balaban J connectivity index is 1.72. The molecule has 3 aromatic carbocycles. The van der Waals surface area contributed by atoms with Crippen molar-refractivity contribution in [3.8, 4) is 0 Å². The Hall–Kier alpha value is -3.36. The highest BCUT2D eigenvalue weighted by Gasteiger charge is 2.34. The van der Waals surface area contributed by atoms with Gasteiger partial charge < -0.3 is 10.2 Å². The first-order chi connectivity index (χ1) is 19.5. The maximum Gasteiger partial charge on any atom is 0.264 e. The number of sulfonamides is 1. The highest BCUT2D eigenvalue weighted by molar-refractivity contribution is 7.92. The summed E-state index contributed by atoms with van der Waals surface area (Å²) in [4.78, 5) is 29.1. The van der Waals surface area contributed by atoms with Crippen molar-refractivity contribution < 1.29 is 18.0 Å². The van der Waals surface area contributed by atoms with E-state index in [4.69, 9.17) is 11.6 Å². The number of amides is 2. The second kappa shape index (κ2) is 13.1. The van der Waals surface area contributed by atoms with E-state index >= 15 is 0 Å². The second-order valence-corrected chi connectivity index (χ2v) is 13.2. The molecule has 1 aliphatic rings. The number of carbonyl (C=O) groups excluding carboxylic acids is 2. The van der Waals surface area contributed by atoms with Crippen molar-refractivity contribution in [1.82, 2.24) is 10.2 Å². The minimum absolute atomic E-state index is 0.0720. The molecule has 1 atom stereocenters. The van der Waals surface area contributed by atoms with E-state index in [1.807, 2.05) is 38.1 Å². The topological polar surface area (TPSA) is 86.8 Å². The molecular formula is C32H38ClN3O4S. The van der Waals surface area contributed by atoms with Crippen LogP contribution in [0.4, 0.5) is 5.69 Å². The Kier molecular flexibility index (Phi) is 9.76. The lowest BCUT2D eigenvalue weighted by atomic mass is 10.1. The Morgan fingerprint density at radius 3 is 2.24 bits per heavy atom. The normalized spacial score (nSPS) is 14.5. The van der Waals surface area contributed by atoms with E-state index < -0.39 is 28.5 Å². The van der Waals surface area contributed by atoms with Gasteiger partial charge in [0.25, 0.3) is 10.0 Å². The molecule has 4 rings (SSSR count). The van der Waals surface area contributed by atoms with Crippen LogP contribution in [0.2, 0.25) is 5.02 Å². The number of nitrogens with zero attached hydrogens (tertiary/aromatic N) is 2. The molecule has 0 aliphatic heterocycles. The summed E-state index contributed by atoms with van der Waals surface area (Å²) in [7, 11) is -4.14. The lowest BCUT2D eigenvalue weighted by Gasteiger charge is -2.33. The van der Waals surface area contributed by atoms with Crippen molar-refractivity contribution in [2.75, 3.05) is 10.8 Å². The van der Waals surface area contributed by atoms with Gasteiger partial charge in [0.15, 0.2) is 0 Å². The maximum atomic E-state index is 14.1. The second-order valence-electron chi connectivity index (χ2n) is 10.9. The molecule has 218 valence electrons. The average molecular weight is 596 g/mol. The lowest BCUT2D eigenvalue weighted by Crippen LogP contribution is -2.52. The van der Waals surface area contributed by atoms with E-state index in [9.17, 15) is 18.0 Å². The zero-order chi connectivity index (χ0) is 29.7. The van der Waals surface area contributed by atoms with Crippen molar-refractivity contribution in [2.45, 2.75) is 76.9 Å². The molecule has 0 bridgehead atoms. The van der Waals surface area contributed by atoms with Gasteiger partial charge in [0.2, 0.25) is 11.8 Å². The van der Waals surface area contributed by atoms with Crippen molar-refractivity contribution in [3.05, 3.63) is 94.0 Å². The largest absolute Gasteiger partial charge is 0.352 e. The Morgan fingerprint density at radius 2 is 1.61 bits per heavy atom. The standard InChI is InChI=1S/C32H38ClN3O4S/c1-22-13-16-29(17-14-22)41(39,40)36(30-18-15-27(33)19-24(30)3)21-31(37)35(20-26-10-6-5-9-23(26)2)25(4)32(38)34-28-11-7-8-12-28/h5-6,9-10,13-19,25,28H,7-8,11-12,20-21H2,1-4H3,(H,34,38). The Morgan fingerprint density at radius 1 is 0.951 bits per heavy atom. The first-order valence-electron chi connectivity index (χ1n) is 14.0. The van der Waals surface area contributed by atoms with Crippen LogP contribution >= 0.6 is 11.6 Å². The number of carbonyl (C=O) groups is 2. The molecule has 0 radical (unpaired) electrons. The van der Waals surface area contributed by atoms with Crippen LogP contribution in [0, 0.1) is 20.8 Å². The van der Waals surface area contributed by atoms with Crippen molar-refractivity contribution in [2.24, 2.45) is 0 Å². The van der Waals surface area contributed by atoms with E-state index in [0.29, 0.717) is 16.3 Å². The van der Waals surface area contributed by atoms with Gasteiger partial charge in [-0.25, -0.2) is 8.42 Å². The molecule has 1 unspecified atom stereocenters. The van der Waals surface area contributed by atoms with E-state index in [2.05, 4.69) is 5.32 Å². The summed E-state index contributed by atoms with van der Waals surface area (Å²) in [5.74, 6) is -0.721. The molecule has 1 saturated carbocycles. The molecular weight excluding hydrogens is 558 g/mol. The molecule has 2 amide bonds. The molecule has 41 heavy (non-hydrogen) atoms. The summed E-state index contributed by atoms with van der Waals surface area (Å²) in [6, 6.07) is 18.4. The maximum absolute atomic E-state index is 14.1. The Labute approximate surface area is 248 Å². The number of hydrogen-bond donors (Lipinski definition) is 1. The molecule has 9 heteroatoms. The van der Waals surface area contributed by atoms with E-state index in [1.165, 1.54) is 17.0 Å². The molecule has 0 saturated heterocycles. The van der Waals surface area contributed by atoms with Crippen molar-refractivity contribution in [3.63, 3.8) is 0 Å². The minimum atomic E-state index is -4.14. The van der Waals surface area contributed by atoms with Crippen LogP contribution < -0.4 is 9.62 Å². The third-order valence-corrected chi connectivity index (χ3v) is 9.80. The van der Waals surface area contributed by atoms with Crippen LogP contribution in [0.25, 0.3) is 0 Å². The molecule has 3 aromatic rings. The van der Waals surface area contributed by atoms with Gasteiger partial charge in [0.1, 0.15) is 12.6 Å². The molecule has 1 aliphatic carbocycles. The van der Waals surface area contributed by atoms with Crippen LogP contribution in [-0.2, 0) is 26.2 Å². The van der Waals surface area contributed by atoms with Crippen LogP contribution in [0.5, 0.6) is 0 Å². The number of rotatable bonds is 10. The van der Waals surface area contributed by atoms with Gasteiger partial charge in [-0.2, -0.15) is 0 Å². The van der Waals surface area contributed by atoms with Gasteiger partial charge >= 0.3 is 0 Å². The molecule has 1 fully saturated rings. The summed E-state index contributed by atoms with van der Waals surface area (Å²) >= 11 is 6.19. The summed E-state index contributed by atoms with van der Waals surface area (Å²) in [5.41, 5.74) is 3.74. The minimum Gasteiger partial charge on any atom is -0.352 e. The molecule has 0 aromatic heterocycles. The summed E-state index contributed by atoms with van der Waals surface area (Å²) in [6.45, 7) is 6.97. The smallest absolute Gasteiger partial charge is 0.264 e. The van der Waals surface area contributed by atoms with E-state index in [1.54, 1.807) is 44.2 Å². The SMILES string of the molecule is Cc1ccc(S(=O)(=O)N(CC(=O)N(Cc2ccccc2C)C(C)C(=O)NC2CCCC2)c2ccc(Cl)cc2C)cc1. The molecule has 0 heterocycles. The van der Waals surface area contributed by atoms with Gasteiger partial charge in [-0.15, -0.1) is 0 Å². The fourth-order valence-electron chi connectivity index (χ4n) is 5.20. The van der Waals surface area contributed by atoms with Crippen molar-refractivity contribution in [1.29, 1.82) is 0 Å². The fourth-order valence-corrected chi connectivity index (χ4v) is 6.90. The van der Waals surface area contributed by atoms with Gasteiger partial charge in [0.05, 0.1) is 10.6 Å². The summed E-state index contributed by atoms with van der Waals surface area (Å²) in [6.07, 6.45) is 3.97. The molecule has 7 nitrogen and oxygen atoms in total. The summed E-state index contributed by atoms with van der Waals surface area (Å²) in [5, 5.41) is 3.56. The number of benzene rings is 3. The van der Waals surface area contributed by atoms with Gasteiger partial charge in [-0.3, -0.25) is 13.9 Å². The van der Waals surface area contributed by atoms with Gasteiger partial charge in [0, 0.05) is 17.6 Å². The number of aryl methyl sites for hydroxylation is 3. The third kappa shape index (κ3) is 7.29. The Bertz CT molecular complexity index is 1500. The van der Waals surface area contributed by atoms with Gasteiger partial charge in [-0.1, -0.05) is 66.4 Å². The monoisotopic (exact) mass is 595 g/mol. The highest BCUT2D eigenvalue weighted by atomic mass is 35.5. The number of nitrogens with one attached hydrogen (secondary N) is 1. The quantitative estimate of drug-likeness (QED) is 0.314. The molecule has 1 N–H and O–H groups in total. The van der Waals surface area contributed by atoms with Crippen LogP contribution in [0.3, 0.4) is 0 Å². The van der Waals surface area contributed by atoms with Crippen molar-refractivity contribution >= 4 is 39.1 Å². The predicted molar refractivity (Wildman–Crippen MR) is 163 cm³/mol. The zero-order valence-corrected chi connectivity index (χ0v) is 25.6. The number of anilines is 1. The van der Waals surface area contributed by atoms with E-state index in [0.717, 1.165) is 46.7 Å². The van der Waals surface area contributed by atoms with Crippen LogP contribution in [0.15, 0.2) is 71.6 Å². The highest BCUT2D eigenvalue weighted by Crippen LogP contribution is 2.30. The average Bonchev–Trinajstić information content (AvgIpc) is 3.44. The fraction of sp³-hybridized carbons (Fsp3) is 0.375. The van der Waals surface area contributed by atoms with Crippen LogP contribution in [0.1, 0.15) is 54.9 Å². The van der Waals surface area contributed by atoms with Crippen LogP contribution in [-0.4, -0.2) is 43.8 Å². The first kappa shape index (κ1) is 30.6.